The topological polar surface area (TPSA) is 0 Å². The van der Waals surface area contributed by atoms with Gasteiger partial charge in [-0.2, -0.15) is 0 Å². The molecule has 118 valence electrons. The third kappa shape index (κ3) is 4.60. The van der Waals surface area contributed by atoms with Crippen molar-refractivity contribution < 1.29 is 0 Å². The van der Waals surface area contributed by atoms with E-state index in [2.05, 4.69) is 63.9 Å². The van der Waals surface area contributed by atoms with Gasteiger partial charge in [-0.05, 0) is 42.5 Å². The van der Waals surface area contributed by atoms with Gasteiger partial charge in [0.05, 0.1) is 4.21 Å². The van der Waals surface area contributed by atoms with Crippen LogP contribution in [-0.2, 0) is 0 Å². The molecule has 0 nitrogen and oxygen atoms in total. The minimum atomic E-state index is 0.963. The number of thiophene rings is 1. The predicted molar refractivity (Wildman–Crippen MR) is 109 cm³/mol. The molecule has 0 spiro atoms. The Morgan fingerprint density at radius 3 is 2.43 bits per heavy atom. The van der Waals surface area contributed by atoms with Gasteiger partial charge in [-0.15, -0.1) is 23.1 Å². The van der Waals surface area contributed by atoms with Crippen molar-refractivity contribution >= 4 is 33.2 Å². The first-order valence-corrected chi connectivity index (χ1v) is 9.29. The molecule has 0 N–H and O–H groups in total. The van der Waals surface area contributed by atoms with Gasteiger partial charge < -0.3 is 0 Å². The van der Waals surface area contributed by atoms with Gasteiger partial charge in [0.15, 0.2) is 0 Å². The number of aryl methyl sites for hydroxylation is 1. The predicted octanol–water partition coefficient (Wildman–Crippen LogP) is 7.10. The van der Waals surface area contributed by atoms with Gasteiger partial charge in [0, 0.05) is 10.5 Å². The van der Waals surface area contributed by atoms with Crippen molar-refractivity contribution in [2.45, 2.75) is 18.1 Å². The van der Waals surface area contributed by atoms with E-state index in [-0.39, 0.29) is 0 Å². The van der Waals surface area contributed by atoms with Gasteiger partial charge in [-0.1, -0.05) is 67.3 Å². The highest BCUT2D eigenvalue weighted by Crippen LogP contribution is 2.34. The summed E-state index contributed by atoms with van der Waals surface area (Å²) in [7, 11) is 0. The standard InChI is InChI=1S/C21H22S2/c1-6-17(7-2)18(8-3)12-16(5)14-22-21-13-19-11-15(4)9-10-20(19)23-21/h6-13H,1-3,14H2,4-5H3/b16-12+. The number of rotatable bonds is 7. The van der Waals surface area contributed by atoms with Crippen LogP contribution < -0.4 is 0 Å². The van der Waals surface area contributed by atoms with E-state index in [1.165, 1.54) is 25.4 Å². The first kappa shape index (κ1) is 17.6. The molecule has 0 aliphatic heterocycles. The van der Waals surface area contributed by atoms with E-state index in [0.29, 0.717) is 0 Å². The summed E-state index contributed by atoms with van der Waals surface area (Å²) in [6, 6.07) is 8.92. The number of benzene rings is 1. The molecule has 0 unspecified atom stereocenters. The molecule has 0 aliphatic rings. The van der Waals surface area contributed by atoms with Crippen LogP contribution in [0.25, 0.3) is 10.1 Å². The molecule has 1 heterocycles. The van der Waals surface area contributed by atoms with Crippen LogP contribution in [0, 0.1) is 6.92 Å². The van der Waals surface area contributed by atoms with E-state index in [9.17, 15) is 0 Å². The van der Waals surface area contributed by atoms with E-state index in [1.54, 1.807) is 0 Å². The second-order valence-corrected chi connectivity index (χ2v) is 7.77. The Kier molecular flexibility index (Phi) is 6.26. The van der Waals surface area contributed by atoms with Crippen LogP contribution in [-0.4, -0.2) is 5.75 Å². The summed E-state index contributed by atoms with van der Waals surface area (Å²) in [6.07, 6.45) is 7.65. The lowest BCUT2D eigenvalue weighted by atomic mass is 10.1. The molecule has 0 radical (unpaired) electrons. The summed E-state index contributed by atoms with van der Waals surface area (Å²) in [5.41, 5.74) is 4.70. The lowest BCUT2D eigenvalue weighted by Gasteiger charge is -2.03. The molecule has 23 heavy (non-hydrogen) atoms. The molecule has 0 fully saturated rings. The molecule has 2 rings (SSSR count). The molecule has 0 amide bonds. The van der Waals surface area contributed by atoms with Crippen LogP contribution in [0.15, 0.2) is 89.2 Å². The first-order valence-electron chi connectivity index (χ1n) is 7.49. The molecule has 2 aromatic rings. The van der Waals surface area contributed by atoms with Gasteiger partial charge >= 0.3 is 0 Å². The maximum Gasteiger partial charge on any atom is 0.0614 e. The van der Waals surface area contributed by atoms with E-state index in [1.807, 2.05) is 41.3 Å². The van der Waals surface area contributed by atoms with Crippen molar-refractivity contribution in [3.05, 3.63) is 90.6 Å². The van der Waals surface area contributed by atoms with Crippen LogP contribution in [0.4, 0.5) is 0 Å². The first-order chi connectivity index (χ1) is 11.1. The Hall–Kier alpha value is -1.77. The summed E-state index contributed by atoms with van der Waals surface area (Å²) in [5, 5.41) is 1.34. The molecule has 0 saturated carbocycles. The average Bonchev–Trinajstić information content (AvgIpc) is 2.95. The summed E-state index contributed by atoms with van der Waals surface area (Å²) in [5.74, 6) is 0.963. The zero-order valence-electron chi connectivity index (χ0n) is 13.8. The van der Waals surface area contributed by atoms with Crippen molar-refractivity contribution in [2.24, 2.45) is 0 Å². The Bertz CT molecular complexity index is 790. The van der Waals surface area contributed by atoms with Crippen LogP contribution >= 0.6 is 23.1 Å². The van der Waals surface area contributed by atoms with Crippen LogP contribution in [0.2, 0.25) is 0 Å². The monoisotopic (exact) mass is 338 g/mol. The van der Waals surface area contributed by atoms with Crippen molar-refractivity contribution in [3.63, 3.8) is 0 Å². The van der Waals surface area contributed by atoms with Crippen molar-refractivity contribution in [2.75, 3.05) is 5.75 Å². The minimum Gasteiger partial charge on any atom is -0.129 e. The third-order valence-electron chi connectivity index (χ3n) is 3.49. The Morgan fingerprint density at radius 1 is 1.09 bits per heavy atom. The third-order valence-corrected chi connectivity index (χ3v) is 6.00. The van der Waals surface area contributed by atoms with Gasteiger partial charge in [-0.3, -0.25) is 0 Å². The minimum absolute atomic E-state index is 0.963. The Labute approximate surface area is 147 Å². The molecule has 2 heteroatoms. The molecular formula is C21H22S2. The molecule has 0 aliphatic carbocycles. The van der Waals surface area contributed by atoms with Crippen molar-refractivity contribution in [1.29, 1.82) is 0 Å². The molecule has 1 aromatic heterocycles. The van der Waals surface area contributed by atoms with Crippen LogP contribution in [0.1, 0.15) is 12.5 Å². The maximum absolute atomic E-state index is 3.88. The number of fused-ring (bicyclic) bond motifs is 1. The second-order valence-electron chi connectivity index (χ2n) is 5.41. The van der Waals surface area contributed by atoms with Crippen LogP contribution in [0.5, 0.6) is 0 Å². The fraction of sp³-hybridized carbons (Fsp3) is 0.143. The van der Waals surface area contributed by atoms with Gasteiger partial charge in [0.2, 0.25) is 0 Å². The summed E-state index contributed by atoms with van der Waals surface area (Å²) in [4.78, 5) is 0. The number of thioether (sulfide) groups is 1. The highest BCUT2D eigenvalue weighted by Gasteiger charge is 2.03. The number of allylic oxidation sites excluding steroid dienone is 6. The van der Waals surface area contributed by atoms with E-state index >= 15 is 0 Å². The molecule has 0 bridgehead atoms. The van der Waals surface area contributed by atoms with Crippen molar-refractivity contribution in [3.8, 4) is 0 Å². The van der Waals surface area contributed by atoms with Crippen molar-refractivity contribution in [1.82, 2.24) is 0 Å². The second kappa shape index (κ2) is 8.19. The highest BCUT2D eigenvalue weighted by atomic mass is 32.2. The lowest BCUT2D eigenvalue weighted by Crippen LogP contribution is -1.85. The van der Waals surface area contributed by atoms with E-state index < -0.39 is 0 Å². The Balaban J connectivity index is 2.13. The smallest absolute Gasteiger partial charge is 0.0614 e. The fourth-order valence-corrected chi connectivity index (χ4v) is 4.40. The lowest BCUT2D eigenvalue weighted by molar-refractivity contribution is 1.38. The Morgan fingerprint density at radius 2 is 1.78 bits per heavy atom. The zero-order chi connectivity index (χ0) is 16.8. The van der Waals surface area contributed by atoms with Gasteiger partial charge in [-0.25, -0.2) is 0 Å². The maximum atomic E-state index is 3.88. The van der Waals surface area contributed by atoms with E-state index in [0.717, 1.165) is 16.9 Å². The SMILES string of the molecule is C=CC(C=C)=C(C=C)/C=C(\C)CSc1cc2cc(C)ccc2s1. The fourth-order valence-electron chi connectivity index (χ4n) is 2.28. The van der Waals surface area contributed by atoms with E-state index in [4.69, 9.17) is 0 Å². The molecule has 1 aromatic carbocycles. The normalized spacial score (nSPS) is 11.3. The highest BCUT2D eigenvalue weighted by molar-refractivity contribution is 8.01. The summed E-state index contributed by atoms with van der Waals surface area (Å²) < 4.78 is 2.71. The largest absolute Gasteiger partial charge is 0.129 e. The van der Waals surface area contributed by atoms with Gasteiger partial charge in [0.1, 0.15) is 0 Å². The van der Waals surface area contributed by atoms with Crippen LogP contribution in [0.3, 0.4) is 0 Å². The number of hydrogen-bond acceptors (Lipinski definition) is 2. The molecular weight excluding hydrogens is 316 g/mol. The molecule has 0 atom stereocenters. The summed E-state index contributed by atoms with van der Waals surface area (Å²) >= 11 is 3.74. The van der Waals surface area contributed by atoms with Gasteiger partial charge in [0.25, 0.3) is 0 Å². The zero-order valence-corrected chi connectivity index (χ0v) is 15.4. The quantitative estimate of drug-likeness (QED) is 0.383. The molecule has 0 saturated heterocycles. The average molecular weight is 339 g/mol. The number of hydrogen-bond donors (Lipinski definition) is 0. The summed E-state index contributed by atoms with van der Waals surface area (Å²) in [6.45, 7) is 15.8.